The van der Waals surface area contributed by atoms with Gasteiger partial charge in [-0.2, -0.15) is 0 Å². The molecule has 2 aromatic rings. The number of hydrogen-bond donors (Lipinski definition) is 1. The van der Waals surface area contributed by atoms with E-state index in [1.807, 2.05) is 27.9 Å². The topological polar surface area (TPSA) is 66.6 Å². The Kier molecular flexibility index (Phi) is 25.8. The zero-order chi connectivity index (χ0) is 23.1. The minimum Gasteiger partial charge on any atom is -0.396 e. The normalized spacial score (nSPS) is 8.62. The molecule has 0 heterocycles. The van der Waals surface area contributed by atoms with Crippen LogP contribution in [0.4, 0.5) is 5.69 Å². The highest BCUT2D eigenvalue weighted by molar-refractivity contribution is 5.28. The first-order chi connectivity index (χ1) is 13.8. The number of benzene rings is 2. The summed E-state index contributed by atoms with van der Waals surface area (Å²) < 4.78 is 0. The van der Waals surface area contributed by atoms with E-state index in [1.54, 1.807) is 18.2 Å². The van der Waals surface area contributed by atoms with Gasteiger partial charge in [0.2, 0.25) is 0 Å². The predicted molar refractivity (Wildman–Crippen MR) is 127 cm³/mol. The molecule has 0 unspecified atom stereocenters. The van der Waals surface area contributed by atoms with E-state index in [2.05, 4.69) is 56.9 Å². The molecule has 0 aliphatic carbocycles. The van der Waals surface area contributed by atoms with Crippen LogP contribution in [-0.2, 0) is 0 Å². The molecular weight excluding hydrogens is 364 g/mol. The minimum atomic E-state index is -0.417. The Labute approximate surface area is 178 Å². The lowest BCUT2D eigenvalue weighted by Gasteiger charge is -2.05. The number of aliphatic hydroxyl groups excluding tert-OH is 1. The Bertz CT molecular complexity index is 549. The summed E-state index contributed by atoms with van der Waals surface area (Å²) in [5.41, 5.74) is 2.80. The lowest BCUT2D eigenvalue weighted by atomic mass is 10.2. The Morgan fingerprint density at radius 2 is 1.28 bits per heavy atom. The fraction of sp³-hybridized carbons (Fsp3) is 0.500. The van der Waals surface area contributed by atoms with E-state index >= 15 is 0 Å². The van der Waals surface area contributed by atoms with Crippen LogP contribution in [0.25, 0.3) is 0 Å². The van der Waals surface area contributed by atoms with Crippen LogP contribution in [0.3, 0.4) is 0 Å². The van der Waals surface area contributed by atoms with Gasteiger partial charge in [0.15, 0.2) is 0 Å². The fourth-order valence-electron chi connectivity index (χ4n) is 1.57. The van der Waals surface area contributed by atoms with Crippen molar-refractivity contribution in [2.45, 2.75) is 54.4 Å². The van der Waals surface area contributed by atoms with Gasteiger partial charge in [-0.3, -0.25) is 10.1 Å². The summed E-state index contributed by atoms with van der Waals surface area (Å²) in [6.45, 7) is 13.7. The van der Waals surface area contributed by atoms with E-state index in [9.17, 15) is 10.1 Å². The molecule has 0 spiro atoms. The molecule has 0 bridgehead atoms. The molecule has 0 aromatic heterocycles. The standard InChI is InChI=1S/C8H10.C6H5NO2.C5H13NO.C3H8.C2H6/c1-7-3-5-8(2)6-4-7;8-7(9)6-4-2-1-3-5-6;1-6(2)4-3-5-7;1-3-2;1-2/h3-6H,1-2H3;1-5H;7H,3-5H2,1-2H3;3H2,1-2H3;1-2H3. The zero-order valence-electron chi connectivity index (χ0n) is 19.7. The van der Waals surface area contributed by atoms with Gasteiger partial charge in [-0.05, 0) is 40.9 Å². The SMILES string of the molecule is CC.CCC.CN(C)CCCO.Cc1ccc(C)cc1.O=[N+]([O-])c1ccccc1. The van der Waals surface area contributed by atoms with Crippen molar-refractivity contribution >= 4 is 5.69 Å². The summed E-state index contributed by atoms with van der Waals surface area (Å²) in [4.78, 5) is 11.6. The second kappa shape index (κ2) is 23.8. The molecule has 1 N–H and O–H groups in total. The number of non-ortho nitro benzene ring substituents is 1. The van der Waals surface area contributed by atoms with Crippen molar-refractivity contribution in [3.63, 3.8) is 0 Å². The molecule has 0 fully saturated rings. The molecule has 2 aromatic carbocycles. The van der Waals surface area contributed by atoms with Gasteiger partial charge in [0.05, 0.1) is 4.92 Å². The van der Waals surface area contributed by atoms with E-state index in [0.29, 0.717) is 6.61 Å². The van der Waals surface area contributed by atoms with Gasteiger partial charge in [0, 0.05) is 18.7 Å². The van der Waals surface area contributed by atoms with Gasteiger partial charge < -0.3 is 10.0 Å². The quantitative estimate of drug-likeness (QED) is 0.480. The number of aryl methyl sites for hydroxylation is 2. The van der Waals surface area contributed by atoms with E-state index in [0.717, 1.165) is 13.0 Å². The summed E-state index contributed by atoms with van der Waals surface area (Å²) in [7, 11) is 3.99. The molecule has 0 aliphatic rings. The number of aliphatic hydroxyl groups is 1. The van der Waals surface area contributed by atoms with Crippen LogP contribution in [0, 0.1) is 24.0 Å². The smallest absolute Gasteiger partial charge is 0.269 e. The van der Waals surface area contributed by atoms with Crippen molar-refractivity contribution in [2.24, 2.45) is 0 Å². The van der Waals surface area contributed by atoms with Crippen LogP contribution >= 0.6 is 0 Å². The molecule has 0 atom stereocenters. The molecule has 166 valence electrons. The Morgan fingerprint density at radius 3 is 1.48 bits per heavy atom. The lowest BCUT2D eigenvalue weighted by molar-refractivity contribution is -0.384. The fourth-order valence-corrected chi connectivity index (χ4v) is 1.57. The van der Waals surface area contributed by atoms with Crippen molar-refractivity contribution in [2.75, 3.05) is 27.2 Å². The van der Waals surface area contributed by atoms with Crippen molar-refractivity contribution < 1.29 is 10.0 Å². The molecule has 29 heavy (non-hydrogen) atoms. The molecule has 0 saturated heterocycles. The maximum absolute atomic E-state index is 10.0. The lowest BCUT2D eigenvalue weighted by Crippen LogP contribution is -2.13. The average Bonchev–Trinajstić information content (AvgIpc) is 2.72. The highest BCUT2D eigenvalue weighted by Crippen LogP contribution is 2.06. The van der Waals surface area contributed by atoms with Gasteiger partial charge in [0.1, 0.15) is 0 Å². The van der Waals surface area contributed by atoms with Gasteiger partial charge in [0.25, 0.3) is 5.69 Å². The van der Waals surface area contributed by atoms with Crippen molar-refractivity contribution in [3.8, 4) is 0 Å². The van der Waals surface area contributed by atoms with E-state index in [1.165, 1.54) is 29.7 Å². The number of para-hydroxylation sites is 1. The maximum Gasteiger partial charge on any atom is 0.269 e. The van der Waals surface area contributed by atoms with Crippen LogP contribution in [0.15, 0.2) is 54.6 Å². The third-order valence-corrected chi connectivity index (χ3v) is 2.95. The summed E-state index contributed by atoms with van der Waals surface area (Å²) >= 11 is 0. The molecule has 5 heteroatoms. The molecule has 0 radical (unpaired) electrons. The summed E-state index contributed by atoms with van der Waals surface area (Å²) in [6.07, 6.45) is 2.13. The summed E-state index contributed by atoms with van der Waals surface area (Å²) in [6, 6.07) is 16.4. The molecule has 0 aliphatic heterocycles. The molecule has 0 saturated carbocycles. The van der Waals surface area contributed by atoms with E-state index in [4.69, 9.17) is 5.11 Å². The number of hydrogen-bond acceptors (Lipinski definition) is 4. The van der Waals surface area contributed by atoms with Crippen LogP contribution in [0.5, 0.6) is 0 Å². The Morgan fingerprint density at radius 1 is 0.897 bits per heavy atom. The second-order valence-electron chi connectivity index (χ2n) is 6.33. The van der Waals surface area contributed by atoms with E-state index in [-0.39, 0.29) is 5.69 Å². The molecule has 5 nitrogen and oxygen atoms in total. The van der Waals surface area contributed by atoms with Crippen molar-refractivity contribution in [3.05, 3.63) is 75.8 Å². The zero-order valence-corrected chi connectivity index (χ0v) is 19.7. The number of nitrogens with zero attached hydrogens (tertiary/aromatic N) is 2. The van der Waals surface area contributed by atoms with Gasteiger partial charge in [-0.25, -0.2) is 0 Å². The van der Waals surface area contributed by atoms with Crippen LogP contribution in [0.1, 0.15) is 51.7 Å². The number of nitro groups is 1. The number of rotatable bonds is 4. The molecular formula is C24H42N2O3. The molecule has 2 rings (SSSR count). The van der Waals surface area contributed by atoms with Crippen molar-refractivity contribution in [1.29, 1.82) is 0 Å². The first-order valence-corrected chi connectivity index (χ1v) is 10.3. The predicted octanol–water partition coefficient (Wildman–Crippen LogP) is 6.27. The van der Waals surface area contributed by atoms with E-state index < -0.39 is 4.92 Å². The average molecular weight is 407 g/mol. The monoisotopic (exact) mass is 406 g/mol. The second-order valence-corrected chi connectivity index (χ2v) is 6.33. The molecule has 0 amide bonds. The highest BCUT2D eigenvalue weighted by atomic mass is 16.6. The van der Waals surface area contributed by atoms with Crippen LogP contribution in [-0.4, -0.2) is 42.2 Å². The largest absolute Gasteiger partial charge is 0.396 e. The van der Waals surface area contributed by atoms with Crippen LogP contribution < -0.4 is 0 Å². The highest BCUT2D eigenvalue weighted by Gasteiger charge is 1.98. The van der Waals surface area contributed by atoms with Gasteiger partial charge in [-0.15, -0.1) is 0 Å². The Balaban J connectivity index is -0.000000317. The summed E-state index contributed by atoms with van der Waals surface area (Å²) in [5, 5.41) is 18.3. The van der Waals surface area contributed by atoms with Crippen LogP contribution in [0.2, 0.25) is 0 Å². The number of nitro benzene ring substituents is 1. The first kappa shape index (κ1) is 31.5. The first-order valence-electron chi connectivity index (χ1n) is 10.3. The summed E-state index contributed by atoms with van der Waals surface area (Å²) in [5.74, 6) is 0. The van der Waals surface area contributed by atoms with Gasteiger partial charge >= 0.3 is 0 Å². The minimum absolute atomic E-state index is 0.137. The Hall–Kier alpha value is -2.24. The third-order valence-electron chi connectivity index (χ3n) is 2.95. The van der Waals surface area contributed by atoms with Crippen molar-refractivity contribution in [1.82, 2.24) is 4.90 Å². The maximum atomic E-state index is 10.0. The third kappa shape index (κ3) is 25.8. The van der Waals surface area contributed by atoms with Gasteiger partial charge in [-0.1, -0.05) is 87.7 Å².